The topological polar surface area (TPSA) is 0 Å². The summed E-state index contributed by atoms with van der Waals surface area (Å²) in [5.41, 5.74) is 6.02. The van der Waals surface area contributed by atoms with Gasteiger partial charge in [0.15, 0.2) is 0 Å². The lowest BCUT2D eigenvalue weighted by molar-refractivity contribution is 0.947. The first kappa shape index (κ1) is 10.1. The van der Waals surface area contributed by atoms with Gasteiger partial charge in [-0.05, 0) is 70.5 Å². The Bertz CT molecular complexity index is 725. The van der Waals surface area contributed by atoms with Crippen LogP contribution in [0.3, 0.4) is 0 Å². The number of aryl methyl sites for hydroxylation is 4. The molecule has 0 nitrogen and oxygen atoms in total. The summed E-state index contributed by atoms with van der Waals surface area (Å²) in [5.74, 6) is 0. The van der Waals surface area contributed by atoms with Crippen molar-refractivity contribution in [1.29, 1.82) is 0 Å². The molecule has 0 fully saturated rings. The van der Waals surface area contributed by atoms with Gasteiger partial charge in [0.1, 0.15) is 0 Å². The average molecular weight is 232 g/mol. The molecule has 0 unspecified atom stereocenters. The maximum Gasteiger partial charge on any atom is -0.00677 e. The summed E-state index contributed by atoms with van der Waals surface area (Å²) in [6.07, 6.45) is 2.39. The first-order chi connectivity index (χ1) is 8.75. The highest BCUT2D eigenvalue weighted by atomic mass is 14.2. The summed E-state index contributed by atoms with van der Waals surface area (Å²) in [5, 5.41) is 5.82. The molecule has 0 radical (unpaired) electrons. The van der Waals surface area contributed by atoms with Crippen molar-refractivity contribution in [2.75, 3.05) is 0 Å². The van der Waals surface area contributed by atoms with Crippen molar-refractivity contribution in [1.82, 2.24) is 0 Å². The van der Waals surface area contributed by atoms with E-state index in [1.165, 1.54) is 45.5 Å². The van der Waals surface area contributed by atoms with Crippen LogP contribution in [0.15, 0.2) is 36.4 Å². The second kappa shape index (κ2) is 3.35. The lowest BCUT2D eigenvalue weighted by Gasteiger charge is -2.21. The Labute approximate surface area is 107 Å². The van der Waals surface area contributed by atoms with Crippen LogP contribution in [0.1, 0.15) is 22.3 Å². The summed E-state index contributed by atoms with van der Waals surface area (Å²) in [6, 6.07) is 13.6. The van der Waals surface area contributed by atoms with Crippen LogP contribution in [0.5, 0.6) is 0 Å². The Morgan fingerprint density at radius 2 is 1.00 bits per heavy atom. The molecule has 0 amide bonds. The molecule has 0 heteroatoms. The van der Waals surface area contributed by atoms with Crippen molar-refractivity contribution in [2.24, 2.45) is 0 Å². The van der Waals surface area contributed by atoms with Crippen LogP contribution >= 0.6 is 0 Å². The van der Waals surface area contributed by atoms with Gasteiger partial charge in [-0.25, -0.2) is 0 Å². The number of rotatable bonds is 0. The Morgan fingerprint density at radius 3 is 1.44 bits per heavy atom. The molecule has 0 aromatic heterocycles. The quantitative estimate of drug-likeness (QED) is 0.492. The molecule has 88 valence electrons. The van der Waals surface area contributed by atoms with Crippen molar-refractivity contribution >= 4 is 21.5 Å². The minimum atomic E-state index is 1.19. The molecule has 3 aromatic rings. The van der Waals surface area contributed by atoms with E-state index in [4.69, 9.17) is 0 Å². The molecule has 1 aliphatic carbocycles. The van der Waals surface area contributed by atoms with Gasteiger partial charge in [-0.3, -0.25) is 0 Å². The summed E-state index contributed by atoms with van der Waals surface area (Å²) in [7, 11) is 0. The van der Waals surface area contributed by atoms with E-state index in [9.17, 15) is 0 Å². The van der Waals surface area contributed by atoms with Crippen LogP contribution in [0.2, 0.25) is 0 Å². The van der Waals surface area contributed by atoms with E-state index in [1.54, 1.807) is 11.1 Å². The molecule has 0 bridgehead atoms. The summed E-state index contributed by atoms with van der Waals surface area (Å²) >= 11 is 0. The maximum atomic E-state index is 2.27. The van der Waals surface area contributed by atoms with E-state index in [0.29, 0.717) is 0 Å². The van der Waals surface area contributed by atoms with Gasteiger partial charge < -0.3 is 0 Å². The number of hydrogen-bond donors (Lipinski definition) is 0. The van der Waals surface area contributed by atoms with E-state index in [2.05, 4.69) is 50.2 Å². The fraction of sp³-hybridized carbons (Fsp3) is 0.222. The van der Waals surface area contributed by atoms with Crippen molar-refractivity contribution in [3.8, 4) is 0 Å². The third kappa shape index (κ3) is 1.16. The van der Waals surface area contributed by atoms with Gasteiger partial charge in [0.05, 0.1) is 0 Å². The molecule has 18 heavy (non-hydrogen) atoms. The van der Waals surface area contributed by atoms with Gasteiger partial charge in [-0.2, -0.15) is 0 Å². The third-order valence-corrected chi connectivity index (χ3v) is 4.48. The Kier molecular flexibility index (Phi) is 1.89. The Morgan fingerprint density at radius 1 is 0.611 bits per heavy atom. The van der Waals surface area contributed by atoms with Crippen molar-refractivity contribution in [2.45, 2.75) is 26.7 Å². The molecule has 0 spiro atoms. The summed E-state index contributed by atoms with van der Waals surface area (Å²) in [4.78, 5) is 0. The number of hydrogen-bond acceptors (Lipinski definition) is 0. The first-order valence-corrected chi connectivity index (χ1v) is 6.69. The van der Waals surface area contributed by atoms with Crippen molar-refractivity contribution in [3.05, 3.63) is 58.7 Å². The summed E-state index contributed by atoms with van der Waals surface area (Å²) in [6.45, 7) is 4.49. The largest absolute Gasteiger partial charge is 0.0584 e. The van der Waals surface area contributed by atoms with Crippen LogP contribution < -0.4 is 0 Å². The van der Waals surface area contributed by atoms with Gasteiger partial charge >= 0.3 is 0 Å². The minimum absolute atomic E-state index is 1.19. The van der Waals surface area contributed by atoms with E-state index >= 15 is 0 Å². The van der Waals surface area contributed by atoms with Gasteiger partial charge in [-0.1, -0.05) is 36.4 Å². The SMILES string of the molecule is Cc1ccc2ccc3ccc(C)c4c3c2c1CC4. The van der Waals surface area contributed by atoms with Crippen LogP contribution in [-0.2, 0) is 12.8 Å². The molecular formula is C18H16. The van der Waals surface area contributed by atoms with Crippen LogP contribution in [0.25, 0.3) is 21.5 Å². The lowest BCUT2D eigenvalue weighted by atomic mass is 9.82. The Balaban J connectivity index is 2.38. The normalized spacial score (nSPS) is 13.7. The fourth-order valence-electron chi connectivity index (χ4n) is 3.48. The molecule has 1 aliphatic rings. The highest BCUT2D eigenvalue weighted by Gasteiger charge is 2.17. The second-order valence-electron chi connectivity index (χ2n) is 5.48. The average Bonchev–Trinajstić information content (AvgIpc) is 2.40. The standard InChI is InChI=1S/C18H16/c1-11-3-5-13-7-8-14-6-4-12(2)16-10-9-15(11)17(13)18(14)16/h3-8H,9-10H2,1-2H3. The van der Waals surface area contributed by atoms with Crippen LogP contribution in [0.4, 0.5) is 0 Å². The van der Waals surface area contributed by atoms with Gasteiger partial charge in [0.25, 0.3) is 0 Å². The lowest BCUT2D eigenvalue weighted by Crippen LogP contribution is -2.04. The number of benzene rings is 3. The molecule has 0 aliphatic heterocycles. The van der Waals surface area contributed by atoms with E-state index in [0.717, 1.165) is 0 Å². The molecule has 0 saturated heterocycles. The second-order valence-corrected chi connectivity index (χ2v) is 5.48. The molecule has 0 saturated carbocycles. The molecular weight excluding hydrogens is 216 g/mol. The van der Waals surface area contributed by atoms with E-state index < -0.39 is 0 Å². The highest BCUT2D eigenvalue weighted by Crippen LogP contribution is 2.38. The van der Waals surface area contributed by atoms with Gasteiger partial charge in [-0.15, -0.1) is 0 Å². The predicted molar refractivity (Wildman–Crippen MR) is 78.3 cm³/mol. The monoisotopic (exact) mass is 232 g/mol. The maximum absolute atomic E-state index is 2.27. The van der Waals surface area contributed by atoms with Crippen LogP contribution in [0, 0.1) is 13.8 Å². The molecule has 0 N–H and O–H groups in total. The zero-order valence-corrected chi connectivity index (χ0v) is 10.9. The third-order valence-electron chi connectivity index (χ3n) is 4.48. The van der Waals surface area contributed by atoms with Crippen LogP contribution in [-0.4, -0.2) is 0 Å². The van der Waals surface area contributed by atoms with E-state index in [-0.39, 0.29) is 0 Å². The summed E-state index contributed by atoms with van der Waals surface area (Å²) < 4.78 is 0. The minimum Gasteiger partial charge on any atom is -0.0584 e. The zero-order chi connectivity index (χ0) is 12.3. The van der Waals surface area contributed by atoms with Crippen molar-refractivity contribution < 1.29 is 0 Å². The highest BCUT2D eigenvalue weighted by molar-refractivity contribution is 6.12. The zero-order valence-electron chi connectivity index (χ0n) is 10.9. The predicted octanol–water partition coefficient (Wildman–Crippen LogP) is 4.71. The first-order valence-electron chi connectivity index (χ1n) is 6.69. The smallest absolute Gasteiger partial charge is 0.00677 e. The molecule has 0 atom stereocenters. The van der Waals surface area contributed by atoms with Crippen molar-refractivity contribution in [3.63, 3.8) is 0 Å². The fourth-order valence-corrected chi connectivity index (χ4v) is 3.48. The molecule has 4 rings (SSSR count). The molecule has 0 heterocycles. The Hall–Kier alpha value is -1.82. The van der Waals surface area contributed by atoms with E-state index in [1.807, 2.05) is 0 Å². The van der Waals surface area contributed by atoms with Gasteiger partial charge in [0.2, 0.25) is 0 Å². The van der Waals surface area contributed by atoms with Gasteiger partial charge in [0, 0.05) is 0 Å². The molecule has 3 aromatic carbocycles.